The normalized spacial score (nSPS) is 11.8. The largest absolute Gasteiger partial charge is 0.481 e. The summed E-state index contributed by atoms with van der Waals surface area (Å²) in [5.74, 6) is -1.99. The summed E-state index contributed by atoms with van der Waals surface area (Å²) in [5.41, 5.74) is 1.03. The van der Waals surface area contributed by atoms with Gasteiger partial charge >= 0.3 is 12.0 Å². The van der Waals surface area contributed by atoms with Crippen LogP contribution < -0.4 is 10.6 Å². The third kappa shape index (κ3) is 4.48. The first-order valence-electron chi connectivity index (χ1n) is 6.08. The van der Waals surface area contributed by atoms with Gasteiger partial charge in [0.2, 0.25) is 0 Å². The van der Waals surface area contributed by atoms with Gasteiger partial charge < -0.3 is 15.7 Å². The molecule has 1 rings (SSSR count). The van der Waals surface area contributed by atoms with E-state index in [0.717, 1.165) is 0 Å². The summed E-state index contributed by atoms with van der Waals surface area (Å²) < 4.78 is 13.5. The summed E-state index contributed by atoms with van der Waals surface area (Å²) in [4.78, 5) is 22.5. The Morgan fingerprint density at radius 1 is 1.45 bits per heavy atom. The highest BCUT2D eigenvalue weighted by molar-refractivity contribution is 9.10. The van der Waals surface area contributed by atoms with E-state index in [4.69, 9.17) is 5.11 Å². The minimum absolute atomic E-state index is 0.0408. The molecule has 20 heavy (non-hydrogen) atoms. The van der Waals surface area contributed by atoms with Crippen molar-refractivity contribution in [2.75, 3.05) is 11.9 Å². The Balaban J connectivity index is 2.63. The highest BCUT2D eigenvalue weighted by Gasteiger charge is 2.16. The number of urea groups is 1. The van der Waals surface area contributed by atoms with E-state index >= 15 is 0 Å². The fraction of sp³-hybridized carbons (Fsp3) is 0.385. The van der Waals surface area contributed by atoms with Gasteiger partial charge in [-0.25, -0.2) is 9.18 Å². The predicted octanol–water partition coefficient (Wildman–Crippen LogP) is 3.13. The van der Waals surface area contributed by atoms with E-state index in [1.165, 1.54) is 12.1 Å². The van der Waals surface area contributed by atoms with Gasteiger partial charge in [0.1, 0.15) is 5.82 Å². The molecule has 1 aromatic carbocycles. The van der Waals surface area contributed by atoms with Crippen LogP contribution in [0.25, 0.3) is 0 Å². The molecule has 7 heteroatoms. The van der Waals surface area contributed by atoms with E-state index in [0.29, 0.717) is 17.7 Å². The van der Waals surface area contributed by atoms with Gasteiger partial charge in [-0.05, 0) is 47.0 Å². The van der Waals surface area contributed by atoms with Crippen LogP contribution in [0, 0.1) is 18.7 Å². The van der Waals surface area contributed by atoms with Gasteiger partial charge in [-0.3, -0.25) is 4.79 Å². The van der Waals surface area contributed by atoms with Gasteiger partial charge in [0.15, 0.2) is 0 Å². The summed E-state index contributed by atoms with van der Waals surface area (Å²) in [6.45, 7) is 3.44. The molecule has 0 aliphatic carbocycles. The van der Waals surface area contributed by atoms with Gasteiger partial charge in [-0.1, -0.05) is 6.92 Å². The van der Waals surface area contributed by atoms with E-state index in [2.05, 4.69) is 26.6 Å². The first kappa shape index (κ1) is 16.4. The van der Waals surface area contributed by atoms with Crippen LogP contribution in [0.4, 0.5) is 14.9 Å². The number of halogens is 2. The molecule has 2 amide bonds. The molecule has 0 bridgehead atoms. The zero-order valence-corrected chi connectivity index (χ0v) is 12.8. The molecule has 5 nitrogen and oxygen atoms in total. The molecular weight excluding hydrogens is 331 g/mol. The van der Waals surface area contributed by atoms with Crippen LogP contribution >= 0.6 is 15.9 Å². The number of rotatable bonds is 5. The molecule has 0 aromatic heterocycles. The molecule has 0 radical (unpaired) electrons. The summed E-state index contributed by atoms with van der Waals surface area (Å²) in [5, 5.41) is 13.9. The first-order chi connectivity index (χ1) is 9.35. The number of carbonyl (C=O) groups is 2. The molecule has 0 aliphatic rings. The maximum atomic E-state index is 13.2. The smallest absolute Gasteiger partial charge is 0.319 e. The van der Waals surface area contributed by atoms with Crippen molar-refractivity contribution in [3.05, 3.63) is 28.0 Å². The monoisotopic (exact) mass is 346 g/mol. The number of carboxylic acid groups (broad SMARTS) is 1. The first-order valence-corrected chi connectivity index (χ1v) is 6.87. The second kappa shape index (κ2) is 7.23. The molecule has 0 fully saturated rings. The molecule has 1 unspecified atom stereocenters. The molecule has 1 atom stereocenters. The fourth-order valence-electron chi connectivity index (χ4n) is 1.57. The molecule has 0 spiro atoms. The molecule has 110 valence electrons. The molecule has 3 N–H and O–H groups in total. The van der Waals surface area contributed by atoms with Gasteiger partial charge in [-0.15, -0.1) is 0 Å². The van der Waals surface area contributed by atoms with Crippen LogP contribution in [0.5, 0.6) is 0 Å². The molecule has 0 aliphatic heterocycles. The second-order valence-electron chi connectivity index (χ2n) is 4.36. The molecule has 0 heterocycles. The Bertz CT molecular complexity index is 523. The number of amides is 2. The number of aryl methyl sites for hydroxylation is 1. The van der Waals surface area contributed by atoms with Crippen LogP contribution in [0.2, 0.25) is 0 Å². The number of carbonyl (C=O) groups excluding carboxylic acids is 1. The van der Waals surface area contributed by atoms with Crippen molar-refractivity contribution in [3.8, 4) is 0 Å². The van der Waals surface area contributed by atoms with Gasteiger partial charge in [0.25, 0.3) is 0 Å². The van der Waals surface area contributed by atoms with E-state index in [1.54, 1.807) is 13.8 Å². The van der Waals surface area contributed by atoms with E-state index in [9.17, 15) is 14.0 Å². The molecular formula is C13H16BrFN2O3. The van der Waals surface area contributed by atoms with Gasteiger partial charge in [0, 0.05) is 12.2 Å². The number of hydrogen-bond donors (Lipinski definition) is 3. The number of hydrogen-bond acceptors (Lipinski definition) is 2. The van der Waals surface area contributed by atoms with Crippen LogP contribution in [0.15, 0.2) is 16.6 Å². The number of anilines is 1. The Morgan fingerprint density at radius 2 is 2.10 bits per heavy atom. The van der Waals surface area contributed by atoms with Crippen LogP contribution in [0.1, 0.15) is 18.9 Å². The lowest BCUT2D eigenvalue weighted by atomic mass is 10.1. The van der Waals surface area contributed by atoms with Crippen molar-refractivity contribution in [1.82, 2.24) is 5.32 Å². The molecule has 0 saturated carbocycles. The lowest BCUT2D eigenvalue weighted by Crippen LogP contribution is -2.35. The lowest BCUT2D eigenvalue weighted by Gasteiger charge is -2.13. The maximum absolute atomic E-state index is 13.2. The Hall–Kier alpha value is -1.63. The maximum Gasteiger partial charge on any atom is 0.319 e. The van der Waals surface area contributed by atoms with E-state index in [-0.39, 0.29) is 11.0 Å². The minimum atomic E-state index is -0.950. The average molecular weight is 347 g/mol. The topological polar surface area (TPSA) is 78.4 Å². The quantitative estimate of drug-likeness (QED) is 0.766. The van der Waals surface area contributed by atoms with Gasteiger partial charge in [0.05, 0.1) is 10.4 Å². The van der Waals surface area contributed by atoms with E-state index < -0.39 is 23.7 Å². The Morgan fingerprint density at radius 3 is 2.65 bits per heavy atom. The Labute approximate surface area is 124 Å². The second-order valence-corrected chi connectivity index (χ2v) is 5.21. The van der Waals surface area contributed by atoms with Crippen molar-refractivity contribution >= 4 is 33.6 Å². The van der Waals surface area contributed by atoms with Crippen molar-refractivity contribution in [2.24, 2.45) is 5.92 Å². The summed E-state index contributed by atoms with van der Waals surface area (Å²) in [6.07, 6.45) is 0.427. The fourth-order valence-corrected chi connectivity index (χ4v) is 1.91. The average Bonchev–Trinajstić information content (AvgIpc) is 2.36. The predicted molar refractivity (Wildman–Crippen MR) is 77.3 cm³/mol. The minimum Gasteiger partial charge on any atom is -0.481 e. The standard InChI is InChI=1S/C13H16BrFN2O3/c1-3-8(12(18)19)6-16-13(20)17-11-5-9(14)10(15)4-7(11)2/h4-5,8H,3,6H2,1-2H3,(H,18,19)(H2,16,17,20). The number of nitrogens with one attached hydrogen (secondary N) is 2. The SMILES string of the molecule is CCC(CNC(=O)Nc1cc(Br)c(F)cc1C)C(=O)O. The zero-order chi connectivity index (χ0) is 15.3. The number of carboxylic acids is 1. The van der Waals surface area contributed by atoms with Gasteiger partial charge in [-0.2, -0.15) is 0 Å². The van der Waals surface area contributed by atoms with Crippen molar-refractivity contribution < 1.29 is 19.1 Å². The molecule has 1 aromatic rings. The highest BCUT2D eigenvalue weighted by atomic mass is 79.9. The van der Waals surface area contributed by atoms with Crippen LogP contribution in [-0.4, -0.2) is 23.7 Å². The van der Waals surface area contributed by atoms with Crippen molar-refractivity contribution in [2.45, 2.75) is 20.3 Å². The third-order valence-corrected chi connectivity index (χ3v) is 3.47. The van der Waals surface area contributed by atoms with E-state index in [1.807, 2.05) is 0 Å². The molecule has 0 saturated heterocycles. The number of aliphatic carboxylic acids is 1. The van der Waals surface area contributed by atoms with Crippen molar-refractivity contribution in [3.63, 3.8) is 0 Å². The summed E-state index contributed by atoms with van der Waals surface area (Å²) in [7, 11) is 0. The lowest BCUT2D eigenvalue weighted by molar-refractivity contribution is -0.141. The summed E-state index contributed by atoms with van der Waals surface area (Å²) in [6, 6.07) is 2.23. The van der Waals surface area contributed by atoms with Crippen molar-refractivity contribution in [1.29, 1.82) is 0 Å². The van der Waals surface area contributed by atoms with Crippen LogP contribution in [-0.2, 0) is 4.79 Å². The highest BCUT2D eigenvalue weighted by Crippen LogP contribution is 2.24. The summed E-state index contributed by atoms with van der Waals surface area (Å²) >= 11 is 3.04. The zero-order valence-electron chi connectivity index (χ0n) is 11.2. The Kier molecular flexibility index (Phi) is 5.94. The van der Waals surface area contributed by atoms with Crippen LogP contribution in [0.3, 0.4) is 0 Å². The number of benzene rings is 1. The third-order valence-electron chi connectivity index (χ3n) is 2.87.